The predicted octanol–water partition coefficient (Wildman–Crippen LogP) is 2.25. The van der Waals surface area contributed by atoms with Gasteiger partial charge in [-0.3, -0.25) is 9.69 Å². The van der Waals surface area contributed by atoms with E-state index in [1.807, 2.05) is 29.5 Å². The Bertz CT molecular complexity index is 841. The van der Waals surface area contributed by atoms with Gasteiger partial charge in [-0.25, -0.2) is 17.7 Å². The molecule has 2 aliphatic heterocycles. The minimum Gasteiger partial charge on any atom is -0.271 e. The fourth-order valence-electron chi connectivity index (χ4n) is 2.45. The van der Waals surface area contributed by atoms with E-state index < -0.39 is 15.6 Å². The van der Waals surface area contributed by atoms with Crippen LogP contribution in [0.4, 0.5) is 0 Å². The van der Waals surface area contributed by atoms with Gasteiger partial charge in [-0.1, -0.05) is 17.7 Å². The highest BCUT2D eigenvalue weighted by Crippen LogP contribution is 2.32. The van der Waals surface area contributed by atoms with Gasteiger partial charge in [0.25, 0.3) is 15.9 Å². The normalized spacial score (nSPS) is 20.3. The number of hydrogen-bond acceptors (Lipinski definition) is 4. The van der Waals surface area contributed by atoms with Crippen molar-refractivity contribution in [3.05, 3.63) is 39.6 Å². The van der Waals surface area contributed by atoms with Crippen molar-refractivity contribution < 1.29 is 13.2 Å². The number of sulfonamides is 1. The lowest BCUT2D eigenvalue weighted by molar-refractivity contribution is -0.128. The zero-order chi connectivity index (χ0) is 17.0. The van der Waals surface area contributed by atoms with E-state index in [2.05, 4.69) is 4.99 Å². The van der Waals surface area contributed by atoms with Crippen molar-refractivity contribution in [1.82, 2.24) is 9.21 Å². The fourth-order valence-corrected chi connectivity index (χ4v) is 4.69. The Morgan fingerprint density at radius 3 is 2.43 bits per heavy atom. The molecule has 23 heavy (non-hydrogen) atoms. The number of carbonyl (C=O) groups is 1. The lowest BCUT2D eigenvalue weighted by Gasteiger charge is -2.31. The van der Waals surface area contributed by atoms with Gasteiger partial charge in [0.2, 0.25) is 5.96 Å². The summed E-state index contributed by atoms with van der Waals surface area (Å²) in [4.78, 5) is 18.3. The van der Waals surface area contributed by atoms with Crippen molar-refractivity contribution in [1.29, 1.82) is 0 Å². The van der Waals surface area contributed by atoms with Crippen LogP contribution >= 0.6 is 22.6 Å². The zero-order valence-electron chi connectivity index (χ0n) is 12.9. The minimum atomic E-state index is -3.78. The number of aliphatic imine (C=N–C) groups is 1. The molecule has 1 aromatic rings. The SMILES string of the molecule is Cc1ccc(S(=O)(=O)N2CC(I)=CN3C(=O)C(C)(C)N=C32)cc1. The van der Waals surface area contributed by atoms with Crippen LogP contribution in [0.15, 0.2) is 43.9 Å². The maximum absolute atomic E-state index is 13.0. The van der Waals surface area contributed by atoms with Crippen molar-refractivity contribution in [2.75, 3.05) is 6.54 Å². The number of aryl methyl sites for hydroxylation is 1. The molecule has 3 rings (SSSR count). The van der Waals surface area contributed by atoms with Gasteiger partial charge in [0, 0.05) is 9.78 Å². The molecule has 0 saturated heterocycles. The first kappa shape index (κ1) is 16.4. The summed E-state index contributed by atoms with van der Waals surface area (Å²) in [5.74, 6) is -0.0635. The zero-order valence-corrected chi connectivity index (χ0v) is 15.9. The summed E-state index contributed by atoms with van der Waals surface area (Å²) < 4.78 is 27.9. The van der Waals surface area contributed by atoms with Crippen LogP contribution in [0.1, 0.15) is 19.4 Å². The molecular formula is C15H16IN3O3S. The molecule has 0 unspecified atom stereocenters. The number of halogens is 1. The average Bonchev–Trinajstić information content (AvgIpc) is 2.69. The number of guanidine groups is 1. The van der Waals surface area contributed by atoms with E-state index in [-0.39, 0.29) is 23.3 Å². The van der Waals surface area contributed by atoms with Gasteiger partial charge in [0.05, 0.1) is 11.4 Å². The highest BCUT2D eigenvalue weighted by atomic mass is 127. The Balaban J connectivity index is 2.10. The number of rotatable bonds is 2. The molecule has 0 saturated carbocycles. The molecule has 8 heteroatoms. The second-order valence-corrected chi connectivity index (χ2v) is 9.29. The molecule has 0 bridgehead atoms. The third kappa shape index (κ3) is 2.67. The Morgan fingerprint density at radius 1 is 1.22 bits per heavy atom. The Morgan fingerprint density at radius 2 is 1.83 bits per heavy atom. The first-order valence-electron chi connectivity index (χ1n) is 7.02. The maximum Gasteiger partial charge on any atom is 0.266 e. The number of hydrogen-bond donors (Lipinski definition) is 0. The van der Waals surface area contributed by atoms with E-state index in [1.165, 1.54) is 9.21 Å². The van der Waals surface area contributed by atoms with Crippen molar-refractivity contribution >= 4 is 44.5 Å². The third-order valence-corrected chi connectivity index (χ3v) is 6.09. The van der Waals surface area contributed by atoms with Gasteiger partial charge < -0.3 is 0 Å². The quantitative estimate of drug-likeness (QED) is 0.656. The van der Waals surface area contributed by atoms with Gasteiger partial charge >= 0.3 is 0 Å². The number of amides is 1. The van der Waals surface area contributed by atoms with E-state index in [9.17, 15) is 13.2 Å². The summed E-state index contributed by atoms with van der Waals surface area (Å²) in [5.41, 5.74) is 0.0157. The first-order valence-corrected chi connectivity index (χ1v) is 9.54. The molecule has 122 valence electrons. The van der Waals surface area contributed by atoms with Crippen molar-refractivity contribution in [2.45, 2.75) is 31.2 Å². The molecule has 0 N–H and O–H groups in total. The maximum atomic E-state index is 13.0. The van der Waals surface area contributed by atoms with Crippen LogP contribution in [-0.2, 0) is 14.8 Å². The van der Waals surface area contributed by atoms with Gasteiger partial charge in [-0.15, -0.1) is 0 Å². The second-order valence-electron chi connectivity index (χ2n) is 6.05. The van der Waals surface area contributed by atoms with Gasteiger partial charge in [-0.2, -0.15) is 0 Å². The smallest absolute Gasteiger partial charge is 0.266 e. The molecule has 0 fully saturated rings. The van der Waals surface area contributed by atoms with Gasteiger partial charge in [0.15, 0.2) is 0 Å². The van der Waals surface area contributed by atoms with Crippen LogP contribution in [0.5, 0.6) is 0 Å². The highest BCUT2D eigenvalue weighted by molar-refractivity contribution is 14.1. The topological polar surface area (TPSA) is 70.1 Å². The molecule has 6 nitrogen and oxygen atoms in total. The van der Waals surface area contributed by atoms with Crippen LogP contribution in [0.25, 0.3) is 0 Å². The molecular weight excluding hydrogens is 429 g/mol. The lowest BCUT2D eigenvalue weighted by Crippen LogP contribution is -2.48. The average molecular weight is 445 g/mol. The van der Waals surface area contributed by atoms with Crippen LogP contribution in [0.2, 0.25) is 0 Å². The molecule has 2 heterocycles. The Kier molecular flexibility index (Phi) is 3.79. The molecule has 1 amide bonds. The van der Waals surface area contributed by atoms with E-state index >= 15 is 0 Å². The number of carbonyl (C=O) groups excluding carboxylic acids is 1. The van der Waals surface area contributed by atoms with Crippen LogP contribution in [0, 0.1) is 6.92 Å². The summed E-state index contributed by atoms with van der Waals surface area (Å²) in [6, 6.07) is 6.65. The van der Waals surface area contributed by atoms with Crippen LogP contribution in [-0.4, -0.2) is 41.6 Å². The lowest BCUT2D eigenvalue weighted by atomic mass is 10.1. The second kappa shape index (κ2) is 5.30. The molecule has 0 aromatic heterocycles. The molecule has 0 spiro atoms. The van der Waals surface area contributed by atoms with Crippen molar-refractivity contribution in [2.24, 2.45) is 4.99 Å². The molecule has 2 aliphatic rings. The van der Waals surface area contributed by atoms with E-state index in [0.29, 0.717) is 0 Å². The predicted molar refractivity (Wildman–Crippen MR) is 95.5 cm³/mol. The number of benzene rings is 1. The van der Waals surface area contributed by atoms with E-state index in [4.69, 9.17) is 0 Å². The van der Waals surface area contributed by atoms with Crippen LogP contribution < -0.4 is 0 Å². The summed E-state index contributed by atoms with van der Waals surface area (Å²) >= 11 is 2.04. The van der Waals surface area contributed by atoms with Crippen molar-refractivity contribution in [3.8, 4) is 0 Å². The molecule has 0 atom stereocenters. The monoisotopic (exact) mass is 445 g/mol. The summed E-state index contributed by atoms with van der Waals surface area (Å²) in [5, 5.41) is 0. The standard InChI is InChI=1S/C15H16IN3O3S/c1-10-4-6-12(7-5-10)23(21,22)19-9-11(16)8-18-13(20)15(2,3)17-14(18)19/h4-8H,9H2,1-3H3. The molecule has 0 radical (unpaired) electrons. The van der Waals surface area contributed by atoms with E-state index in [1.54, 1.807) is 44.3 Å². The van der Waals surface area contributed by atoms with Crippen LogP contribution in [0.3, 0.4) is 0 Å². The molecule has 1 aromatic carbocycles. The van der Waals surface area contributed by atoms with Gasteiger partial charge in [0.1, 0.15) is 5.54 Å². The summed E-state index contributed by atoms with van der Waals surface area (Å²) in [6.45, 7) is 5.43. The minimum absolute atomic E-state index is 0.168. The molecule has 0 aliphatic carbocycles. The Labute approximate surface area is 149 Å². The Hall–Kier alpha value is -1.42. The van der Waals surface area contributed by atoms with Crippen molar-refractivity contribution in [3.63, 3.8) is 0 Å². The number of fused-ring (bicyclic) bond motifs is 1. The first-order chi connectivity index (χ1) is 10.6. The van der Waals surface area contributed by atoms with Gasteiger partial charge in [-0.05, 0) is 55.5 Å². The van der Waals surface area contributed by atoms with E-state index in [0.717, 1.165) is 9.14 Å². The third-order valence-electron chi connectivity index (χ3n) is 3.73. The summed E-state index contributed by atoms with van der Waals surface area (Å²) in [7, 11) is -3.78. The summed E-state index contributed by atoms with van der Waals surface area (Å²) in [6.07, 6.45) is 1.65. The largest absolute Gasteiger partial charge is 0.271 e. The number of nitrogens with zero attached hydrogens (tertiary/aromatic N) is 3. The highest BCUT2D eigenvalue weighted by Gasteiger charge is 2.47. The fraction of sp³-hybridized carbons (Fsp3) is 0.333.